The van der Waals surface area contributed by atoms with E-state index < -0.39 is 0 Å². The number of rotatable bonds is 2. The van der Waals surface area contributed by atoms with Crippen LogP contribution in [0.5, 0.6) is 0 Å². The van der Waals surface area contributed by atoms with Gasteiger partial charge in [0.25, 0.3) is 0 Å². The summed E-state index contributed by atoms with van der Waals surface area (Å²) in [6.45, 7) is 0. The summed E-state index contributed by atoms with van der Waals surface area (Å²) in [5.41, 5.74) is 1.02. The van der Waals surface area contributed by atoms with Gasteiger partial charge in [0.15, 0.2) is 0 Å². The molecule has 0 bridgehead atoms. The van der Waals surface area contributed by atoms with Crippen LogP contribution in [0, 0.1) is 0 Å². The van der Waals surface area contributed by atoms with E-state index in [0.29, 0.717) is 5.25 Å². The van der Waals surface area contributed by atoms with E-state index >= 15 is 0 Å². The second kappa shape index (κ2) is 7.10. The maximum Gasteiger partial charge on any atom is 0.0703 e. The van der Waals surface area contributed by atoms with Crippen molar-refractivity contribution < 1.29 is 5.21 Å². The standard InChI is InChI=1S/C14H23NOS/c16-15-13-10-6-1-2-7-11-14(13)17-12-8-4-3-5-9-12/h1-2,12,14,16H,3-11H2/b2-1?,15-13-/t14-/m0/s1. The molecule has 0 aromatic heterocycles. The molecule has 2 aliphatic carbocycles. The molecule has 2 nitrogen and oxygen atoms in total. The Morgan fingerprint density at radius 3 is 2.59 bits per heavy atom. The van der Waals surface area contributed by atoms with Crippen molar-refractivity contribution in [3.05, 3.63) is 12.2 Å². The maximum absolute atomic E-state index is 9.16. The quantitative estimate of drug-likeness (QED) is 0.450. The summed E-state index contributed by atoms with van der Waals surface area (Å²) < 4.78 is 0. The smallest absolute Gasteiger partial charge is 0.0703 e. The SMILES string of the molecule is O/N=C1/CCC=CCC[C@@H]1SC1CCCCC1. The molecule has 1 N–H and O–H groups in total. The molecule has 0 heterocycles. The average molecular weight is 253 g/mol. The van der Waals surface area contributed by atoms with Gasteiger partial charge in [0.1, 0.15) is 0 Å². The third-order valence-corrected chi connectivity index (χ3v) is 5.43. The zero-order valence-corrected chi connectivity index (χ0v) is 11.3. The molecule has 0 saturated heterocycles. The third kappa shape index (κ3) is 4.06. The molecule has 0 aromatic rings. The number of oxime groups is 1. The molecular formula is C14H23NOS. The summed E-state index contributed by atoms with van der Waals surface area (Å²) in [7, 11) is 0. The van der Waals surface area contributed by atoms with Crippen molar-refractivity contribution in [3.63, 3.8) is 0 Å². The fourth-order valence-corrected chi connectivity index (χ4v) is 4.40. The lowest BCUT2D eigenvalue weighted by atomic mass is 10.0. The summed E-state index contributed by atoms with van der Waals surface area (Å²) in [6, 6.07) is 0. The normalized spacial score (nSPS) is 30.1. The minimum atomic E-state index is 0.452. The number of thioether (sulfide) groups is 1. The van der Waals surface area contributed by atoms with E-state index in [9.17, 15) is 0 Å². The van der Waals surface area contributed by atoms with Crippen LogP contribution in [0.1, 0.15) is 57.8 Å². The topological polar surface area (TPSA) is 32.6 Å². The molecule has 2 aliphatic rings. The Morgan fingerprint density at radius 2 is 1.82 bits per heavy atom. The van der Waals surface area contributed by atoms with E-state index in [1.165, 1.54) is 32.1 Å². The Morgan fingerprint density at radius 1 is 1.06 bits per heavy atom. The molecule has 1 atom stereocenters. The van der Waals surface area contributed by atoms with Gasteiger partial charge in [-0.1, -0.05) is 36.6 Å². The number of nitrogens with zero attached hydrogens (tertiary/aromatic N) is 1. The summed E-state index contributed by atoms with van der Waals surface area (Å²) in [5.74, 6) is 0. The predicted octanol–water partition coefficient (Wildman–Crippen LogP) is 4.38. The lowest BCUT2D eigenvalue weighted by Crippen LogP contribution is -2.23. The molecule has 3 heteroatoms. The summed E-state index contributed by atoms with van der Waals surface area (Å²) in [5, 5.41) is 14.0. The monoisotopic (exact) mass is 253 g/mol. The Balaban J connectivity index is 1.92. The third-order valence-electron chi connectivity index (χ3n) is 3.74. The van der Waals surface area contributed by atoms with Gasteiger partial charge >= 0.3 is 0 Å². The summed E-state index contributed by atoms with van der Waals surface area (Å²) >= 11 is 2.07. The Labute approximate surface area is 109 Å². The lowest BCUT2D eigenvalue weighted by molar-refractivity contribution is 0.316. The van der Waals surface area contributed by atoms with Crippen molar-refractivity contribution in [2.45, 2.75) is 68.3 Å². The molecule has 1 saturated carbocycles. The van der Waals surface area contributed by atoms with E-state index in [1.807, 2.05) is 0 Å². The molecule has 0 radical (unpaired) electrons. The van der Waals surface area contributed by atoms with Crippen LogP contribution in [0.2, 0.25) is 0 Å². The van der Waals surface area contributed by atoms with E-state index in [2.05, 4.69) is 29.1 Å². The van der Waals surface area contributed by atoms with Crippen LogP contribution in [0.25, 0.3) is 0 Å². The fourth-order valence-electron chi connectivity index (χ4n) is 2.74. The Kier molecular flexibility index (Phi) is 5.43. The highest BCUT2D eigenvalue weighted by Crippen LogP contribution is 2.34. The average Bonchev–Trinajstić information content (AvgIpc) is 2.34. The lowest BCUT2D eigenvalue weighted by Gasteiger charge is -2.27. The second-order valence-corrected chi connectivity index (χ2v) is 6.57. The van der Waals surface area contributed by atoms with E-state index in [4.69, 9.17) is 5.21 Å². The Bertz CT molecular complexity index is 282. The first-order valence-electron chi connectivity index (χ1n) is 6.91. The molecule has 0 spiro atoms. The molecule has 0 aliphatic heterocycles. The first-order valence-corrected chi connectivity index (χ1v) is 7.85. The molecule has 17 heavy (non-hydrogen) atoms. The summed E-state index contributed by atoms with van der Waals surface area (Å²) in [6.07, 6.45) is 15.6. The molecule has 0 aromatic carbocycles. The second-order valence-electron chi connectivity index (χ2n) is 5.06. The van der Waals surface area contributed by atoms with E-state index in [1.54, 1.807) is 0 Å². The van der Waals surface area contributed by atoms with Gasteiger partial charge in [-0.05, 0) is 38.5 Å². The molecular weight excluding hydrogens is 230 g/mol. The first-order chi connectivity index (χ1) is 8.40. The van der Waals surface area contributed by atoms with Gasteiger partial charge in [0.05, 0.1) is 5.71 Å². The minimum absolute atomic E-state index is 0.452. The minimum Gasteiger partial charge on any atom is -0.411 e. The zero-order valence-electron chi connectivity index (χ0n) is 10.5. The van der Waals surface area contributed by atoms with Crippen LogP contribution in [0.4, 0.5) is 0 Å². The highest BCUT2D eigenvalue weighted by atomic mass is 32.2. The maximum atomic E-state index is 9.16. The van der Waals surface area contributed by atoms with Crippen LogP contribution >= 0.6 is 11.8 Å². The highest BCUT2D eigenvalue weighted by Gasteiger charge is 2.23. The molecule has 0 unspecified atom stereocenters. The summed E-state index contributed by atoms with van der Waals surface area (Å²) in [4.78, 5) is 0. The van der Waals surface area contributed by atoms with Crippen LogP contribution in [-0.4, -0.2) is 21.4 Å². The van der Waals surface area contributed by atoms with Crippen molar-refractivity contribution in [1.29, 1.82) is 0 Å². The van der Waals surface area contributed by atoms with Crippen LogP contribution in [0.3, 0.4) is 0 Å². The van der Waals surface area contributed by atoms with Crippen molar-refractivity contribution in [2.24, 2.45) is 5.16 Å². The largest absolute Gasteiger partial charge is 0.411 e. The number of allylic oxidation sites excluding steroid dienone is 2. The number of hydrogen-bond donors (Lipinski definition) is 1. The fraction of sp³-hybridized carbons (Fsp3) is 0.786. The molecule has 0 amide bonds. The van der Waals surface area contributed by atoms with E-state index in [0.717, 1.165) is 36.6 Å². The first kappa shape index (κ1) is 13.0. The molecule has 2 rings (SSSR count). The van der Waals surface area contributed by atoms with Crippen LogP contribution in [0.15, 0.2) is 17.3 Å². The van der Waals surface area contributed by atoms with Crippen LogP contribution in [-0.2, 0) is 0 Å². The number of hydrogen-bond acceptors (Lipinski definition) is 3. The van der Waals surface area contributed by atoms with Gasteiger partial charge in [-0.2, -0.15) is 0 Å². The van der Waals surface area contributed by atoms with Gasteiger partial charge in [-0.15, -0.1) is 11.8 Å². The van der Waals surface area contributed by atoms with Gasteiger partial charge in [-0.25, -0.2) is 0 Å². The van der Waals surface area contributed by atoms with Crippen molar-refractivity contribution in [1.82, 2.24) is 0 Å². The van der Waals surface area contributed by atoms with Crippen molar-refractivity contribution in [2.75, 3.05) is 0 Å². The predicted molar refractivity (Wildman–Crippen MR) is 75.1 cm³/mol. The Hall–Kier alpha value is -0.440. The molecule has 96 valence electrons. The van der Waals surface area contributed by atoms with Gasteiger partial charge in [0.2, 0.25) is 0 Å². The van der Waals surface area contributed by atoms with Crippen molar-refractivity contribution in [3.8, 4) is 0 Å². The van der Waals surface area contributed by atoms with Gasteiger partial charge in [0, 0.05) is 10.5 Å². The van der Waals surface area contributed by atoms with Gasteiger partial charge < -0.3 is 5.21 Å². The van der Waals surface area contributed by atoms with Crippen LogP contribution < -0.4 is 0 Å². The van der Waals surface area contributed by atoms with Gasteiger partial charge in [-0.3, -0.25) is 0 Å². The highest BCUT2D eigenvalue weighted by molar-refractivity contribution is 8.01. The van der Waals surface area contributed by atoms with Crippen molar-refractivity contribution >= 4 is 17.5 Å². The molecule has 1 fully saturated rings. The zero-order chi connectivity index (χ0) is 11.9. The van der Waals surface area contributed by atoms with E-state index in [-0.39, 0.29) is 0 Å².